The summed E-state index contributed by atoms with van der Waals surface area (Å²) in [6, 6.07) is 7.85. The van der Waals surface area contributed by atoms with Crippen LogP contribution < -0.4 is 5.32 Å². The first-order valence-electron chi connectivity index (χ1n) is 10.8. The minimum absolute atomic E-state index is 0.102. The fraction of sp³-hybridized carbons (Fsp3) is 0.409. The molecule has 1 aliphatic rings. The number of aromatic nitrogens is 3. The van der Waals surface area contributed by atoms with E-state index in [0.29, 0.717) is 24.4 Å². The molecule has 1 aromatic heterocycles. The average Bonchev–Trinajstić information content (AvgIpc) is 3.24. The molecule has 4 rings (SSSR count). The van der Waals surface area contributed by atoms with Gasteiger partial charge < -0.3 is 5.32 Å². The zero-order valence-electron chi connectivity index (χ0n) is 18.3. The Hall–Kier alpha value is -2.92. The molecular weight excluding hydrogens is 452 g/mol. The number of carbonyl (C=O) groups excluding carboxylic acids is 1. The van der Waals surface area contributed by atoms with Gasteiger partial charge in [-0.2, -0.15) is 4.31 Å². The molecule has 11 heteroatoms. The van der Waals surface area contributed by atoms with Crippen LogP contribution in [0.1, 0.15) is 39.2 Å². The third-order valence-corrected chi connectivity index (χ3v) is 8.00. The van der Waals surface area contributed by atoms with Gasteiger partial charge in [0, 0.05) is 25.1 Å². The number of anilines is 1. The highest BCUT2D eigenvalue weighted by atomic mass is 32.2. The Balaban J connectivity index is 1.44. The van der Waals surface area contributed by atoms with Gasteiger partial charge in [0.15, 0.2) is 0 Å². The summed E-state index contributed by atoms with van der Waals surface area (Å²) in [5.74, 6) is -2.48. The topological polar surface area (TPSA) is 97.2 Å². The van der Waals surface area contributed by atoms with Crippen LogP contribution in [0.2, 0.25) is 0 Å². The van der Waals surface area contributed by atoms with E-state index in [9.17, 15) is 22.0 Å². The molecule has 0 radical (unpaired) electrons. The second-order valence-electron chi connectivity index (χ2n) is 8.23. The van der Waals surface area contributed by atoms with Gasteiger partial charge >= 0.3 is 0 Å². The second-order valence-corrected chi connectivity index (χ2v) is 10.2. The van der Waals surface area contributed by atoms with Crippen LogP contribution >= 0.6 is 0 Å². The van der Waals surface area contributed by atoms with Crippen LogP contribution in [0.3, 0.4) is 0 Å². The van der Waals surface area contributed by atoms with Gasteiger partial charge in [-0.3, -0.25) is 4.79 Å². The Morgan fingerprint density at radius 2 is 1.91 bits per heavy atom. The molecule has 1 aliphatic heterocycles. The number of sulfonamides is 1. The molecule has 176 valence electrons. The zero-order valence-corrected chi connectivity index (χ0v) is 19.1. The molecule has 1 fully saturated rings. The van der Waals surface area contributed by atoms with Crippen LogP contribution in [-0.4, -0.2) is 46.7 Å². The average molecular weight is 478 g/mol. The second kappa shape index (κ2) is 9.14. The van der Waals surface area contributed by atoms with Gasteiger partial charge in [-0.25, -0.2) is 21.9 Å². The van der Waals surface area contributed by atoms with Crippen molar-refractivity contribution in [3.05, 3.63) is 48.0 Å². The SMILES string of the molecule is CC[C@H](C)n1nnc2cc(S(=O)(=O)N3CCC(C(=O)Nc4ccc(F)cc4F)CC3)ccc21. The van der Waals surface area contributed by atoms with Crippen LogP contribution in [0.25, 0.3) is 11.0 Å². The number of carbonyl (C=O) groups is 1. The summed E-state index contributed by atoms with van der Waals surface area (Å²) in [4.78, 5) is 12.6. The minimum Gasteiger partial charge on any atom is -0.323 e. The van der Waals surface area contributed by atoms with E-state index >= 15 is 0 Å². The van der Waals surface area contributed by atoms with Crippen molar-refractivity contribution in [3.8, 4) is 0 Å². The Labute approximate surface area is 190 Å². The highest BCUT2D eigenvalue weighted by Crippen LogP contribution is 2.27. The van der Waals surface area contributed by atoms with E-state index in [0.717, 1.165) is 24.1 Å². The number of halogens is 2. The summed E-state index contributed by atoms with van der Waals surface area (Å²) in [5, 5.41) is 10.7. The van der Waals surface area contributed by atoms with Crippen molar-refractivity contribution < 1.29 is 22.0 Å². The highest BCUT2D eigenvalue weighted by molar-refractivity contribution is 7.89. The molecule has 0 aliphatic carbocycles. The summed E-state index contributed by atoms with van der Waals surface area (Å²) in [6.07, 6.45) is 1.45. The summed E-state index contributed by atoms with van der Waals surface area (Å²) in [6.45, 7) is 4.37. The summed E-state index contributed by atoms with van der Waals surface area (Å²) < 4.78 is 56.3. The van der Waals surface area contributed by atoms with Crippen molar-refractivity contribution in [2.45, 2.75) is 44.0 Å². The summed E-state index contributed by atoms with van der Waals surface area (Å²) >= 11 is 0. The van der Waals surface area contributed by atoms with E-state index < -0.39 is 33.5 Å². The number of hydrogen-bond acceptors (Lipinski definition) is 5. The monoisotopic (exact) mass is 477 g/mol. The van der Waals surface area contributed by atoms with Crippen LogP contribution in [0.15, 0.2) is 41.3 Å². The number of hydrogen-bond donors (Lipinski definition) is 1. The fourth-order valence-corrected chi connectivity index (χ4v) is 5.40. The van der Waals surface area contributed by atoms with E-state index in [1.165, 1.54) is 10.4 Å². The quantitative estimate of drug-likeness (QED) is 0.584. The number of nitrogens with zero attached hydrogens (tertiary/aromatic N) is 4. The lowest BCUT2D eigenvalue weighted by Crippen LogP contribution is -2.41. The van der Waals surface area contributed by atoms with Gasteiger partial charge in [0.05, 0.1) is 22.1 Å². The predicted octanol–water partition coefficient (Wildman–Crippen LogP) is 3.72. The number of fused-ring (bicyclic) bond motifs is 1. The smallest absolute Gasteiger partial charge is 0.243 e. The first-order chi connectivity index (χ1) is 15.7. The van der Waals surface area contributed by atoms with Crippen molar-refractivity contribution in [1.29, 1.82) is 0 Å². The summed E-state index contributed by atoms with van der Waals surface area (Å²) in [5.41, 5.74) is 1.17. The molecule has 0 bridgehead atoms. The van der Waals surface area contributed by atoms with Gasteiger partial charge in [0.25, 0.3) is 0 Å². The molecule has 1 atom stereocenters. The number of benzene rings is 2. The van der Waals surface area contributed by atoms with E-state index in [-0.39, 0.29) is 29.7 Å². The first kappa shape index (κ1) is 23.2. The molecule has 33 heavy (non-hydrogen) atoms. The van der Waals surface area contributed by atoms with Crippen LogP contribution in [0.4, 0.5) is 14.5 Å². The van der Waals surface area contributed by atoms with Crippen LogP contribution in [0.5, 0.6) is 0 Å². The predicted molar refractivity (Wildman–Crippen MR) is 119 cm³/mol. The highest BCUT2D eigenvalue weighted by Gasteiger charge is 2.32. The largest absolute Gasteiger partial charge is 0.323 e. The Morgan fingerprint density at radius 1 is 1.18 bits per heavy atom. The lowest BCUT2D eigenvalue weighted by atomic mass is 9.97. The Morgan fingerprint density at radius 3 is 2.58 bits per heavy atom. The van der Waals surface area contributed by atoms with E-state index in [1.807, 2.05) is 13.8 Å². The molecule has 3 aromatic rings. The minimum atomic E-state index is -3.77. The molecule has 1 N–H and O–H groups in total. The third kappa shape index (κ3) is 4.60. The Kier molecular flexibility index (Phi) is 6.44. The lowest BCUT2D eigenvalue weighted by Gasteiger charge is -2.30. The third-order valence-electron chi connectivity index (χ3n) is 6.10. The lowest BCUT2D eigenvalue weighted by molar-refractivity contribution is -0.120. The summed E-state index contributed by atoms with van der Waals surface area (Å²) in [7, 11) is -3.77. The van der Waals surface area contributed by atoms with E-state index in [2.05, 4.69) is 15.6 Å². The van der Waals surface area contributed by atoms with Gasteiger partial charge in [0.1, 0.15) is 17.2 Å². The molecule has 0 saturated carbocycles. The van der Waals surface area contributed by atoms with Gasteiger partial charge in [-0.15, -0.1) is 5.10 Å². The zero-order chi connectivity index (χ0) is 23.8. The molecular formula is C22H25F2N5O3S. The van der Waals surface area contributed by atoms with Gasteiger partial charge in [0.2, 0.25) is 15.9 Å². The van der Waals surface area contributed by atoms with Gasteiger partial charge in [-0.05, 0) is 56.5 Å². The van der Waals surface area contributed by atoms with Crippen LogP contribution in [0, 0.1) is 17.6 Å². The van der Waals surface area contributed by atoms with Crippen molar-refractivity contribution in [3.63, 3.8) is 0 Å². The van der Waals surface area contributed by atoms with Crippen molar-refractivity contribution in [2.24, 2.45) is 5.92 Å². The standard InChI is InChI=1S/C22H25F2N5O3S/c1-3-14(2)29-21-7-5-17(13-20(21)26-27-29)33(31,32)28-10-8-15(9-11-28)22(30)25-19-6-4-16(23)12-18(19)24/h4-7,12-15H,3,8-11H2,1-2H3,(H,25,30)/t14-/m0/s1. The molecule has 1 saturated heterocycles. The van der Waals surface area contributed by atoms with E-state index in [1.54, 1.807) is 16.8 Å². The van der Waals surface area contributed by atoms with Gasteiger partial charge in [-0.1, -0.05) is 12.1 Å². The number of rotatable bonds is 6. The number of nitrogens with one attached hydrogen (secondary N) is 1. The molecule has 2 aromatic carbocycles. The normalized spacial score (nSPS) is 16.7. The maximum Gasteiger partial charge on any atom is 0.243 e. The van der Waals surface area contributed by atoms with Crippen molar-refractivity contribution in [2.75, 3.05) is 18.4 Å². The number of piperidine rings is 1. The van der Waals surface area contributed by atoms with E-state index in [4.69, 9.17) is 0 Å². The Bertz CT molecular complexity index is 1290. The van der Waals surface area contributed by atoms with Crippen molar-refractivity contribution >= 4 is 32.7 Å². The number of amides is 1. The molecule has 0 spiro atoms. The van der Waals surface area contributed by atoms with Crippen LogP contribution in [-0.2, 0) is 14.8 Å². The fourth-order valence-electron chi connectivity index (χ4n) is 3.91. The maximum absolute atomic E-state index is 13.8. The maximum atomic E-state index is 13.8. The molecule has 2 heterocycles. The molecule has 0 unspecified atom stereocenters. The van der Waals surface area contributed by atoms with Crippen molar-refractivity contribution in [1.82, 2.24) is 19.3 Å². The first-order valence-corrected chi connectivity index (χ1v) is 12.3. The molecule has 1 amide bonds. The molecule has 8 nitrogen and oxygen atoms in total.